The van der Waals surface area contributed by atoms with E-state index >= 15 is 0 Å². The fraction of sp³-hybridized carbons (Fsp3) is 0.236. The number of hydrogen-bond donors (Lipinski definition) is 5. The first-order chi connectivity index (χ1) is 31.2. The Bertz CT molecular complexity index is 1950. The molecule has 0 aromatic heterocycles. The predicted octanol–water partition coefficient (Wildman–Crippen LogP) is 13.8. The molecule has 0 unspecified atom stereocenters. The minimum atomic E-state index is -2.17. The second-order valence-electron chi connectivity index (χ2n) is 11.0. The van der Waals surface area contributed by atoms with Crippen LogP contribution in [0.3, 0.4) is 0 Å². The van der Waals surface area contributed by atoms with Crippen molar-refractivity contribution in [2.45, 2.75) is 96.5 Å². The molecule has 23 heteroatoms. The quantitative estimate of drug-likeness (QED) is 0.0408. The number of para-hydroxylation sites is 7. The largest absolute Gasteiger partial charge is 0.864 e. The van der Waals surface area contributed by atoms with Crippen molar-refractivity contribution in [3.05, 3.63) is 212 Å². The van der Waals surface area contributed by atoms with E-state index in [0.29, 0.717) is 62.3 Å². The molecular formula is C55H96B6O17. The summed E-state index contributed by atoms with van der Waals surface area (Å²) in [7, 11) is -1.87. The molecule has 0 radical (unpaired) electrons. The van der Waals surface area contributed by atoms with E-state index in [9.17, 15) is 14.1 Å². The van der Waals surface area contributed by atoms with E-state index in [0.717, 1.165) is 0 Å². The first kappa shape index (κ1) is 107. The number of benzene rings is 7. The standard InChI is InChI=1S/C18H15BO3.3C6H5BO2.C6H6O.13CH4.BHO3.BH3O3.H2O.H2/c1-4-10-16(11-5-1)20-19(21-17-12-6-2-7-13-17)22-18-14-8-3-9-15-18;3*8-7-9-6-4-2-1-3-5-6;7-6-4-2-1-3-5-6;;;;;;;;;;;;;;2-1-4-3;2-1(3)4;;/h1-15H;3*1-5H;1-5,7H;13*1H4;3H;2-4H;1H2;1H. The Hall–Kier alpha value is -7.67. The van der Waals surface area contributed by atoms with Crippen molar-refractivity contribution < 1.29 is 83.9 Å². The molecule has 0 heterocycles. The van der Waals surface area contributed by atoms with Crippen molar-refractivity contribution in [3.63, 3.8) is 0 Å². The second kappa shape index (κ2) is 75.8. The molecule has 0 saturated heterocycles. The van der Waals surface area contributed by atoms with Crippen LogP contribution in [0.1, 0.15) is 98.0 Å². The average Bonchev–Trinajstić information content (AvgIpc) is 3.32. The topological polar surface area (TPSA) is 266 Å². The fourth-order valence-corrected chi connectivity index (χ4v) is 3.99. The first-order valence-corrected chi connectivity index (χ1v) is 18.4. The van der Waals surface area contributed by atoms with Crippen LogP contribution in [0.5, 0.6) is 40.2 Å². The summed E-state index contributed by atoms with van der Waals surface area (Å²) >= 11 is 0. The van der Waals surface area contributed by atoms with Crippen LogP contribution in [0, 0.1) is 0 Å². The van der Waals surface area contributed by atoms with Crippen LogP contribution >= 0.6 is 0 Å². The molecule has 0 aliphatic rings. The van der Waals surface area contributed by atoms with E-state index in [1.807, 2.05) is 115 Å². The summed E-state index contributed by atoms with van der Waals surface area (Å²) in [6, 6.07) is 63.7. The Morgan fingerprint density at radius 3 is 0.590 bits per heavy atom. The van der Waals surface area contributed by atoms with Crippen LogP contribution in [0.25, 0.3) is 0 Å². The summed E-state index contributed by atoms with van der Waals surface area (Å²) in [6.07, 6.45) is 0. The number of hydrogen-bond acceptors (Lipinski definition) is 16. The molecular weight excluding hydrogens is 997 g/mol. The Kier molecular flexibility index (Phi) is 104. The number of aromatic hydroxyl groups is 1. The molecule has 0 spiro atoms. The molecule has 7 aromatic rings. The Labute approximate surface area is 475 Å². The van der Waals surface area contributed by atoms with Crippen molar-refractivity contribution in [3.8, 4) is 40.2 Å². The monoisotopic (exact) mass is 1090 g/mol. The summed E-state index contributed by atoms with van der Waals surface area (Å²) in [5.74, 6) is 4.09. The average molecular weight is 1090 g/mol. The van der Waals surface area contributed by atoms with Gasteiger partial charge in [-0.15, -0.1) is 0 Å². The van der Waals surface area contributed by atoms with E-state index < -0.39 is 14.6 Å². The van der Waals surface area contributed by atoms with Gasteiger partial charge in [0.2, 0.25) is 0 Å². The zero-order valence-corrected chi connectivity index (χ0v) is 34.4. The molecule has 0 aliphatic carbocycles. The Balaban J connectivity index is -0.0000000484. The molecule has 7 N–H and O–H groups in total. The molecule has 0 amide bonds. The van der Waals surface area contributed by atoms with Crippen molar-refractivity contribution in [1.29, 1.82) is 0 Å². The number of phenolic OH excluding ortho intramolecular Hbond substituents is 1. The minimum Gasteiger partial charge on any atom is -0.508 e. The van der Waals surface area contributed by atoms with Gasteiger partial charge < -0.3 is 39.6 Å². The molecule has 0 fully saturated rings. The van der Waals surface area contributed by atoms with E-state index in [2.05, 4.69) is 18.8 Å². The van der Waals surface area contributed by atoms with Gasteiger partial charge in [0.1, 0.15) is 23.0 Å². The van der Waals surface area contributed by atoms with Crippen LogP contribution in [0.4, 0.5) is 0 Å². The SMILES string of the molecule is C.C.C.C.C.C.C.C.C.C.C.C.C.O.O=BOO.O=BOc1ccccc1.O=BOc1ccccc1.O=BOc1ccccc1.OB(O)O.Oc1ccccc1.[HH].c1ccc(OB(Oc2ccccc2)Oc2ccccc2)cc1. The van der Waals surface area contributed by atoms with Crippen molar-refractivity contribution in [1.82, 2.24) is 0 Å². The number of rotatable bonds is 13. The molecule has 78 heavy (non-hydrogen) atoms. The van der Waals surface area contributed by atoms with Crippen molar-refractivity contribution in [2.24, 2.45) is 0 Å². The van der Waals surface area contributed by atoms with Gasteiger partial charge in [-0.25, -0.2) is 0 Å². The van der Waals surface area contributed by atoms with Gasteiger partial charge in [-0.3, -0.25) is 0 Å². The van der Waals surface area contributed by atoms with Crippen LogP contribution in [-0.4, -0.2) is 75.0 Å². The maximum absolute atomic E-state index is 9.75. The molecule has 17 nitrogen and oxygen atoms in total. The summed E-state index contributed by atoms with van der Waals surface area (Å²) in [5.41, 5.74) is 0. The van der Waals surface area contributed by atoms with Gasteiger partial charge in [0.25, 0.3) is 0 Å². The van der Waals surface area contributed by atoms with E-state index in [4.69, 9.17) is 44.1 Å². The van der Waals surface area contributed by atoms with Crippen molar-refractivity contribution >= 4 is 44.1 Å². The summed E-state index contributed by atoms with van der Waals surface area (Å²) < 4.78 is 68.9. The van der Waals surface area contributed by atoms with Gasteiger partial charge in [-0.05, 0) is 48.5 Å². The van der Waals surface area contributed by atoms with Gasteiger partial charge in [0.05, 0.1) is 0 Å². The molecule has 0 aliphatic heterocycles. The third-order valence-electron chi connectivity index (χ3n) is 6.51. The normalized spacial score (nSPS) is 6.87. The smallest absolute Gasteiger partial charge is 0.508 e. The van der Waals surface area contributed by atoms with E-state index in [-0.39, 0.29) is 111 Å². The molecule has 0 saturated carbocycles. The van der Waals surface area contributed by atoms with E-state index in [1.165, 1.54) is 0 Å². The van der Waals surface area contributed by atoms with Crippen LogP contribution < -0.4 is 27.9 Å². The molecule has 0 bridgehead atoms. The van der Waals surface area contributed by atoms with Gasteiger partial charge in [-0.2, -0.15) is 0 Å². The van der Waals surface area contributed by atoms with Gasteiger partial charge in [-0.1, -0.05) is 169 Å². The van der Waals surface area contributed by atoms with Crippen molar-refractivity contribution in [2.75, 3.05) is 0 Å². The summed E-state index contributed by atoms with van der Waals surface area (Å²) in [4.78, 5) is 2.86. The van der Waals surface area contributed by atoms with Gasteiger partial charge in [0, 0.05) is 1.43 Å². The molecule has 7 rings (SSSR count). The van der Waals surface area contributed by atoms with E-state index in [1.54, 1.807) is 97.1 Å². The fourth-order valence-electron chi connectivity index (χ4n) is 3.99. The molecule has 0 atom stereocenters. The van der Waals surface area contributed by atoms with Gasteiger partial charge >= 0.3 is 195 Å². The second-order valence-corrected chi connectivity index (χ2v) is 11.0. The molecule has 436 valence electrons. The van der Waals surface area contributed by atoms with Gasteiger partial charge in [0.15, 0.2) is 0 Å². The third kappa shape index (κ3) is 62.6. The Morgan fingerprint density at radius 2 is 0.462 bits per heavy atom. The first-order valence-electron chi connectivity index (χ1n) is 18.4. The van der Waals surface area contributed by atoms with Crippen LogP contribution in [0.15, 0.2) is 212 Å². The zero-order valence-electron chi connectivity index (χ0n) is 34.4. The Morgan fingerprint density at radius 1 is 0.308 bits per heavy atom. The maximum Gasteiger partial charge on any atom is 0.864 e. The minimum absolute atomic E-state index is 0. The van der Waals surface area contributed by atoms with Crippen LogP contribution in [-0.2, 0) is 23.6 Å². The zero-order chi connectivity index (χ0) is 46.7. The summed E-state index contributed by atoms with van der Waals surface area (Å²) in [6.45, 7) is 0. The predicted molar refractivity (Wildman–Crippen MR) is 331 cm³/mol. The maximum atomic E-state index is 9.75. The third-order valence-corrected chi connectivity index (χ3v) is 6.51. The molecule has 7 aromatic carbocycles. The number of phenols is 1. The van der Waals surface area contributed by atoms with Crippen LogP contribution in [0.2, 0.25) is 0 Å². The summed E-state index contributed by atoms with van der Waals surface area (Å²) in [5, 5.41) is 37.1.